The standard InChI is InChI=1S/C21H35N3O3.HI/c1-3-22-21(24-12-8-18-6-4-7-20(16-18)25-2)23-11-5-13-27-17-19-9-14-26-15-10-19;/h4,6-7,16,19H,3,5,8-15,17H2,1-2H3,(H2,22,23,24);1H. The first kappa shape index (κ1) is 25.0. The van der Waals surface area contributed by atoms with Gasteiger partial charge in [0.15, 0.2) is 5.96 Å². The van der Waals surface area contributed by atoms with Crippen LogP contribution in [0.25, 0.3) is 0 Å². The molecular weight excluding hydrogens is 469 g/mol. The third kappa shape index (κ3) is 10.5. The van der Waals surface area contributed by atoms with Crippen molar-refractivity contribution in [1.82, 2.24) is 10.6 Å². The van der Waals surface area contributed by atoms with Crippen LogP contribution in [0.1, 0.15) is 31.7 Å². The number of methoxy groups -OCH3 is 1. The topological polar surface area (TPSA) is 64.1 Å². The number of guanidine groups is 1. The Morgan fingerprint density at radius 3 is 2.82 bits per heavy atom. The zero-order valence-corrected chi connectivity index (χ0v) is 19.6. The maximum absolute atomic E-state index is 5.80. The Kier molecular flexibility index (Phi) is 14.1. The number of rotatable bonds is 11. The van der Waals surface area contributed by atoms with Gasteiger partial charge in [-0.25, -0.2) is 0 Å². The largest absolute Gasteiger partial charge is 0.497 e. The molecule has 1 aromatic rings. The van der Waals surface area contributed by atoms with Gasteiger partial charge < -0.3 is 24.8 Å². The van der Waals surface area contributed by atoms with E-state index in [-0.39, 0.29) is 24.0 Å². The van der Waals surface area contributed by atoms with Crippen LogP contribution in [0.15, 0.2) is 29.3 Å². The number of hydrogen-bond acceptors (Lipinski definition) is 4. The summed E-state index contributed by atoms with van der Waals surface area (Å²) in [7, 11) is 1.70. The Bertz CT molecular complexity index is 551. The number of aliphatic imine (C=N–C) groups is 1. The summed E-state index contributed by atoms with van der Waals surface area (Å²) in [4.78, 5) is 4.63. The molecule has 0 unspecified atom stereocenters. The van der Waals surface area contributed by atoms with Gasteiger partial charge in [-0.1, -0.05) is 12.1 Å². The van der Waals surface area contributed by atoms with E-state index in [4.69, 9.17) is 14.2 Å². The number of nitrogens with one attached hydrogen (secondary N) is 2. The highest BCUT2D eigenvalue weighted by Gasteiger charge is 2.13. The second-order valence-corrected chi connectivity index (χ2v) is 6.77. The average molecular weight is 505 g/mol. The quantitative estimate of drug-likeness (QED) is 0.209. The van der Waals surface area contributed by atoms with Gasteiger partial charge >= 0.3 is 0 Å². The van der Waals surface area contributed by atoms with E-state index >= 15 is 0 Å². The first-order valence-corrected chi connectivity index (χ1v) is 10.1. The Balaban J connectivity index is 0.00000392. The molecule has 0 saturated carbocycles. The van der Waals surface area contributed by atoms with Crippen LogP contribution in [0.2, 0.25) is 0 Å². The van der Waals surface area contributed by atoms with Crippen molar-refractivity contribution in [3.63, 3.8) is 0 Å². The minimum Gasteiger partial charge on any atom is -0.497 e. The summed E-state index contributed by atoms with van der Waals surface area (Å²) in [5.74, 6) is 2.43. The van der Waals surface area contributed by atoms with Crippen LogP contribution in [0.4, 0.5) is 0 Å². The zero-order valence-electron chi connectivity index (χ0n) is 17.2. The van der Waals surface area contributed by atoms with Gasteiger partial charge in [-0.05, 0) is 56.2 Å². The van der Waals surface area contributed by atoms with E-state index in [1.54, 1.807) is 7.11 Å². The predicted octanol–water partition coefficient (Wildman–Crippen LogP) is 3.24. The lowest BCUT2D eigenvalue weighted by atomic mass is 10.0. The number of benzene rings is 1. The summed E-state index contributed by atoms with van der Waals surface area (Å²) >= 11 is 0. The SMILES string of the molecule is CCNC(=NCCCOCC1CCOCC1)NCCc1cccc(OC)c1.I. The molecule has 1 saturated heterocycles. The smallest absolute Gasteiger partial charge is 0.191 e. The minimum atomic E-state index is 0. The molecule has 6 nitrogen and oxygen atoms in total. The predicted molar refractivity (Wildman–Crippen MR) is 125 cm³/mol. The fourth-order valence-electron chi connectivity index (χ4n) is 3.02. The van der Waals surface area contributed by atoms with Crippen LogP contribution in [0, 0.1) is 5.92 Å². The highest BCUT2D eigenvalue weighted by Crippen LogP contribution is 2.14. The molecule has 0 aromatic heterocycles. The van der Waals surface area contributed by atoms with Crippen molar-refractivity contribution < 1.29 is 14.2 Å². The van der Waals surface area contributed by atoms with Gasteiger partial charge in [0.1, 0.15) is 5.75 Å². The second kappa shape index (κ2) is 15.8. The fraction of sp³-hybridized carbons (Fsp3) is 0.667. The first-order valence-electron chi connectivity index (χ1n) is 10.1. The summed E-state index contributed by atoms with van der Waals surface area (Å²) in [5.41, 5.74) is 1.25. The molecule has 0 radical (unpaired) electrons. The molecule has 0 atom stereocenters. The van der Waals surface area contributed by atoms with E-state index in [9.17, 15) is 0 Å². The number of hydrogen-bond donors (Lipinski definition) is 2. The molecule has 0 bridgehead atoms. The number of nitrogens with zero attached hydrogens (tertiary/aromatic N) is 1. The van der Waals surface area contributed by atoms with E-state index in [1.807, 2.05) is 12.1 Å². The second-order valence-electron chi connectivity index (χ2n) is 6.77. The highest BCUT2D eigenvalue weighted by molar-refractivity contribution is 14.0. The van der Waals surface area contributed by atoms with Gasteiger partial charge in [0.05, 0.1) is 7.11 Å². The summed E-state index contributed by atoms with van der Waals surface area (Å²) in [6.45, 7) is 7.91. The lowest BCUT2D eigenvalue weighted by molar-refractivity contribution is 0.0205. The van der Waals surface area contributed by atoms with Crippen LogP contribution in [0.5, 0.6) is 5.75 Å². The molecule has 1 heterocycles. The molecule has 0 amide bonds. The number of halogens is 1. The summed E-state index contributed by atoms with van der Waals surface area (Å²) in [6, 6.07) is 8.17. The monoisotopic (exact) mass is 505 g/mol. The van der Waals surface area contributed by atoms with E-state index in [1.165, 1.54) is 5.56 Å². The van der Waals surface area contributed by atoms with Gasteiger partial charge in [-0.3, -0.25) is 4.99 Å². The van der Waals surface area contributed by atoms with Crippen LogP contribution in [-0.4, -0.2) is 59.1 Å². The third-order valence-corrected chi connectivity index (χ3v) is 4.60. The molecule has 1 fully saturated rings. The Morgan fingerprint density at radius 2 is 2.07 bits per heavy atom. The molecule has 1 aromatic carbocycles. The normalized spacial score (nSPS) is 15.0. The average Bonchev–Trinajstić information content (AvgIpc) is 2.71. The van der Waals surface area contributed by atoms with Crippen LogP contribution < -0.4 is 15.4 Å². The van der Waals surface area contributed by atoms with Crippen molar-refractivity contribution in [2.24, 2.45) is 10.9 Å². The van der Waals surface area contributed by atoms with E-state index in [0.29, 0.717) is 5.92 Å². The van der Waals surface area contributed by atoms with Gasteiger partial charge in [-0.15, -0.1) is 24.0 Å². The zero-order chi connectivity index (χ0) is 19.2. The van der Waals surface area contributed by atoms with Crippen molar-refractivity contribution in [2.45, 2.75) is 32.6 Å². The molecular formula is C21H36IN3O3. The maximum atomic E-state index is 5.80. The summed E-state index contributed by atoms with van der Waals surface area (Å²) < 4.78 is 16.4. The third-order valence-electron chi connectivity index (χ3n) is 4.60. The van der Waals surface area contributed by atoms with Gasteiger partial charge in [-0.2, -0.15) is 0 Å². The molecule has 0 aliphatic carbocycles. The summed E-state index contributed by atoms with van der Waals surface area (Å²) in [6.07, 6.45) is 4.12. The van der Waals surface area contributed by atoms with Crippen molar-refractivity contribution in [3.8, 4) is 5.75 Å². The molecule has 160 valence electrons. The van der Waals surface area contributed by atoms with Crippen molar-refractivity contribution in [2.75, 3.05) is 53.2 Å². The van der Waals surface area contributed by atoms with Crippen LogP contribution >= 0.6 is 24.0 Å². The first-order chi connectivity index (χ1) is 13.3. The van der Waals surface area contributed by atoms with Crippen LogP contribution in [-0.2, 0) is 15.9 Å². The van der Waals surface area contributed by atoms with Crippen molar-refractivity contribution >= 4 is 29.9 Å². The van der Waals surface area contributed by atoms with E-state index < -0.39 is 0 Å². The summed E-state index contributed by atoms with van der Waals surface area (Å²) in [5, 5.41) is 6.69. The van der Waals surface area contributed by atoms with Crippen molar-refractivity contribution in [1.29, 1.82) is 0 Å². The highest BCUT2D eigenvalue weighted by atomic mass is 127. The van der Waals surface area contributed by atoms with Gasteiger partial charge in [0.25, 0.3) is 0 Å². The van der Waals surface area contributed by atoms with Gasteiger partial charge in [0.2, 0.25) is 0 Å². The Hall–Kier alpha value is -1.06. The molecule has 0 spiro atoms. The molecule has 28 heavy (non-hydrogen) atoms. The molecule has 1 aliphatic heterocycles. The van der Waals surface area contributed by atoms with Crippen LogP contribution in [0.3, 0.4) is 0 Å². The molecule has 1 aliphatic rings. The van der Waals surface area contributed by atoms with E-state index in [0.717, 1.165) is 83.5 Å². The lowest BCUT2D eigenvalue weighted by Crippen LogP contribution is -2.38. The number of ether oxygens (including phenoxy) is 3. The Labute approximate surface area is 186 Å². The maximum Gasteiger partial charge on any atom is 0.191 e. The van der Waals surface area contributed by atoms with Gasteiger partial charge in [0, 0.05) is 46.1 Å². The Morgan fingerprint density at radius 1 is 1.25 bits per heavy atom. The molecule has 2 rings (SSSR count). The van der Waals surface area contributed by atoms with Crippen molar-refractivity contribution in [3.05, 3.63) is 29.8 Å². The molecule has 2 N–H and O–H groups in total. The fourth-order valence-corrected chi connectivity index (χ4v) is 3.02. The van der Waals surface area contributed by atoms with E-state index in [2.05, 4.69) is 34.7 Å². The minimum absolute atomic E-state index is 0. The molecule has 7 heteroatoms. The lowest BCUT2D eigenvalue weighted by Gasteiger charge is -2.21.